The summed E-state index contributed by atoms with van der Waals surface area (Å²) in [5, 5.41) is 13.7. The number of nitrogens with one attached hydrogen (secondary N) is 2. The molecule has 7 heteroatoms. The van der Waals surface area contributed by atoms with Crippen molar-refractivity contribution in [3.05, 3.63) is 50.6 Å². The summed E-state index contributed by atoms with van der Waals surface area (Å²) >= 11 is 3.47. The summed E-state index contributed by atoms with van der Waals surface area (Å²) in [4.78, 5) is 16.0. The quantitative estimate of drug-likeness (QED) is 0.703. The predicted octanol–water partition coefficient (Wildman–Crippen LogP) is 3.11. The highest BCUT2D eigenvalue weighted by atomic mass is 79.9. The van der Waals surface area contributed by atoms with E-state index < -0.39 is 0 Å². The normalized spacial score (nSPS) is 10.9. The average molecular weight is 360 g/mol. The van der Waals surface area contributed by atoms with Gasteiger partial charge in [-0.3, -0.25) is 4.79 Å². The van der Waals surface area contributed by atoms with Crippen molar-refractivity contribution in [1.29, 1.82) is 0 Å². The number of H-pyrrole nitrogens is 2. The second-order valence-electron chi connectivity index (χ2n) is 5.17. The zero-order chi connectivity index (χ0) is 15.9. The summed E-state index contributed by atoms with van der Waals surface area (Å²) in [6.07, 6.45) is 0. The maximum Gasteiger partial charge on any atom is 0.196 e. The van der Waals surface area contributed by atoms with Crippen LogP contribution in [0.15, 0.2) is 22.7 Å². The molecule has 0 amide bonds. The summed E-state index contributed by atoms with van der Waals surface area (Å²) in [7, 11) is 0. The molecule has 0 fully saturated rings. The van der Waals surface area contributed by atoms with Gasteiger partial charge in [-0.25, -0.2) is 5.10 Å². The maximum atomic E-state index is 12.8. The lowest BCUT2D eigenvalue weighted by Crippen LogP contribution is -2.04. The molecule has 0 aliphatic heterocycles. The number of carbonyl (C=O) groups excluding carboxylic acids is 1. The molecule has 0 bridgehead atoms. The van der Waals surface area contributed by atoms with E-state index in [2.05, 4.69) is 41.5 Å². The summed E-state index contributed by atoms with van der Waals surface area (Å²) in [6, 6.07) is 5.61. The molecule has 0 atom stereocenters. The lowest BCUT2D eigenvalue weighted by Gasteiger charge is -2.05. The molecule has 0 radical (unpaired) electrons. The topological polar surface area (TPSA) is 87.3 Å². The minimum absolute atomic E-state index is 0.0225. The van der Waals surface area contributed by atoms with Crippen LogP contribution in [0, 0.1) is 20.8 Å². The molecule has 2 aromatic heterocycles. The second kappa shape index (κ2) is 5.49. The van der Waals surface area contributed by atoms with E-state index in [0.29, 0.717) is 17.0 Å². The fourth-order valence-electron chi connectivity index (χ4n) is 2.47. The van der Waals surface area contributed by atoms with E-state index in [-0.39, 0.29) is 5.78 Å². The standard InChI is InChI=1S/C15H14BrN5O/c1-7-4-5-10(6-11(7)16)14(22)12-8(2)13(17-9(12)3)15-18-20-21-19-15/h4-6,17H,1-3H3,(H,18,19,20,21). The lowest BCUT2D eigenvalue weighted by atomic mass is 9.99. The largest absolute Gasteiger partial charge is 0.355 e. The molecule has 0 saturated heterocycles. The van der Waals surface area contributed by atoms with Crippen LogP contribution in [0.1, 0.15) is 32.7 Å². The van der Waals surface area contributed by atoms with Gasteiger partial charge in [-0.2, -0.15) is 0 Å². The van der Waals surface area contributed by atoms with E-state index in [0.717, 1.165) is 27.0 Å². The number of aromatic amines is 2. The van der Waals surface area contributed by atoms with Crippen LogP contribution in [-0.4, -0.2) is 31.4 Å². The molecule has 22 heavy (non-hydrogen) atoms. The number of hydrogen-bond acceptors (Lipinski definition) is 4. The highest BCUT2D eigenvalue weighted by molar-refractivity contribution is 9.10. The van der Waals surface area contributed by atoms with E-state index in [4.69, 9.17) is 0 Å². The highest BCUT2D eigenvalue weighted by Gasteiger charge is 2.22. The zero-order valence-electron chi connectivity index (χ0n) is 12.4. The molecule has 112 valence electrons. The van der Waals surface area contributed by atoms with Crippen molar-refractivity contribution >= 4 is 21.7 Å². The molecular weight excluding hydrogens is 346 g/mol. The third-order valence-electron chi connectivity index (χ3n) is 3.68. The van der Waals surface area contributed by atoms with Crippen molar-refractivity contribution < 1.29 is 4.79 Å². The minimum atomic E-state index is -0.0225. The number of ketones is 1. The molecule has 1 aromatic carbocycles. The first-order valence-electron chi connectivity index (χ1n) is 6.73. The zero-order valence-corrected chi connectivity index (χ0v) is 13.9. The van der Waals surface area contributed by atoms with Crippen molar-refractivity contribution in [1.82, 2.24) is 25.6 Å². The molecule has 6 nitrogen and oxygen atoms in total. The number of rotatable bonds is 3. The van der Waals surface area contributed by atoms with Crippen LogP contribution in [0.4, 0.5) is 0 Å². The third kappa shape index (κ3) is 2.37. The summed E-state index contributed by atoms with van der Waals surface area (Å²) < 4.78 is 0.920. The lowest BCUT2D eigenvalue weighted by molar-refractivity contribution is 0.103. The smallest absolute Gasteiger partial charge is 0.196 e. The Labute approximate surface area is 135 Å². The van der Waals surface area contributed by atoms with E-state index in [1.54, 1.807) is 0 Å². The first-order valence-corrected chi connectivity index (χ1v) is 7.52. The second-order valence-corrected chi connectivity index (χ2v) is 6.02. The molecule has 0 saturated carbocycles. The molecule has 3 aromatic rings. The van der Waals surface area contributed by atoms with Gasteiger partial charge in [0.05, 0.1) is 5.69 Å². The van der Waals surface area contributed by atoms with Crippen molar-refractivity contribution in [3.63, 3.8) is 0 Å². The highest BCUT2D eigenvalue weighted by Crippen LogP contribution is 2.27. The number of benzene rings is 1. The summed E-state index contributed by atoms with van der Waals surface area (Å²) in [6.45, 7) is 5.74. The number of hydrogen-bond donors (Lipinski definition) is 2. The van der Waals surface area contributed by atoms with Crippen molar-refractivity contribution in [3.8, 4) is 11.5 Å². The predicted molar refractivity (Wildman–Crippen MR) is 85.7 cm³/mol. The van der Waals surface area contributed by atoms with Gasteiger partial charge in [0.15, 0.2) is 11.6 Å². The molecule has 3 rings (SSSR count). The Balaban J connectivity index is 2.08. The van der Waals surface area contributed by atoms with Gasteiger partial charge in [-0.1, -0.05) is 28.1 Å². The van der Waals surface area contributed by atoms with Gasteiger partial charge in [0.2, 0.25) is 0 Å². The van der Waals surface area contributed by atoms with E-state index in [1.807, 2.05) is 39.0 Å². The Morgan fingerprint density at radius 2 is 2.00 bits per heavy atom. The first kappa shape index (κ1) is 14.6. The Hall–Kier alpha value is -2.28. The maximum absolute atomic E-state index is 12.8. The number of aryl methyl sites for hydroxylation is 2. The Kier molecular flexibility index (Phi) is 3.66. The van der Waals surface area contributed by atoms with Gasteiger partial charge < -0.3 is 4.98 Å². The Bertz CT molecular complexity index is 851. The SMILES string of the molecule is Cc1ccc(C(=O)c2c(C)[nH]c(-c3nnn[nH]3)c2C)cc1Br. The molecule has 0 aliphatic carbocycles. The van der Waals surface area contributed by atoms with Gasteiger partial charge in [0.1, 0.15) is 0 Å². The van der Waals surface area contributed by atoms with Gasteiger partial charge in [0.25, 0.3) is 0 Å². The van der Waals surface area contributed by atoms with Crippen molar-refractivity contribution in [2.75, 3.05) is 0 Å². The number of halogens is 1. The van der Waals surface area contributed by atoms with Crippen molar-refractivity contribution in [2.45, 2.75) is 20.8 Å². The Morgan fingerprint density at radius 1 is 1.23 bits per heavy atom. The Morgan fingerprint density at radius 3 is 2.64 bits per heavy atom. The third-order valence-corrected chi connectivity index (χ3v) is 4.54. The van der Waals surface area contributed by atoms with Gasteiger partial charge in [-0.15, -0.1) is 5.10 Å². The number of nitrogens with zero attached hydrogens (tertiary/aromatic N) is 3. The van der Waals surface area contributed by atoms with Gasteiger partial charge in [0, 0.05) is 21.3 Å². The first-order chi connectivity index (χ1) is 10.5. The van der Waals surface area contributed by atoms with Crippen LogP contribution in [0.5, 0.6) is 0 Å². The van der Waals surface area contributed by atoms with E-state index in [1.165, 1.54) is 0 Å². The van der Waals surface area contributed by atoms with Crippen LogP contribution in [-0.2, 0) is 0 Å². The summed E-state index contributed by atoms with van der Waals surface area (Å²) in [5.74, 6) is 0.496. The van der Waals surface area contributed by atoms with Gasteiger partial charge in [-0.05, 0) is 48.4 Å². The van der Waals surface area contributed by atoms with Crippen LogP contribution in [0.2, 0.25) is 0 Å². The summed E-state index contributed by atoms with van der Waals surface area (Å²) in [5.41, 5.74) is 4.75. The molecule has 0 unspecified atom stereocenters. The molecule has 2 heterocycles. The van der Waals surface area contributed by atoms with E-state index >= 15 is 0 Å². The van der Waals surface area contributed by atoms with E-state index in [9.17, 15) is 4.79 Å². The minimum Gasteiger partial charge on any atom is -0.355 e. The molecular formula is C15H14BrN5O. The average Bonchev–Trinajstić information content (AvgIpc) is 3.09. The van der Waals surface area contributed by atoms with Crippen LogP contribution >= 0.6 is 15.9 Å². The fraction of sp³-hybridized carbons (Fsp3) is 0.200. The van der Waals surface area contributed by atoms with Crippen molar-refractivity contribution in [2.24, 2.45) is 0 Å². The fourth-order valence-corrected chi connectivity index (χ4v) is 2.85. The number of tetrazole rings is 1. The van der Waals surface area contributed by atoms with Gasteiger partial charge >= 0.3 is 0 Å². The molecule has 0 aliphatic rings. The van der Waals surface area contributed by atoms with Crippen LogP contribution in [0.25, 0.3) is 11.5 Å². The number of carbonyl (C=O) groups is 1. The monoisotopic (exact) mass is 359 g/mol. The van der Waals surface area contributed by atoms with Crippen LogP contribution < -0.4 is 0 Å². The molecule has 2 N–H and O–H groups in total. The van der Waals surface area contributed by atoms with Crippen LogP contribution in [0.3, 0.4) is 0 Å². The number of aromatic nitrogens is 5. The molecule has 0 spiro atoms.